The number of rotatable bonds is 4. The van der Waals surface area contributed by atoms with Crippen LogP contribution in [-0.2, 0) is 0 Å². The van der Waals surface area contributed by atoms with E-state index in [-0.39, 0.29) is 6.10 Å². The third-order valence-corrected chi connectivity index (χ3v) is 5.36. The number of aliphatic hydroxyl groups is 1. The molecule has 0 aromatic rings. The zero-order valence-corrected chi connectivity index (χ0v) is 13.0. The summed E-state index contributed by atoms with van der Waals surface area (Å²) in [5.74, 6) is 0.906. The molecular formula is C17H33NO. The van der Waals surface area contributed by atoms with Gasteiger partial charge in [0.1, 0.15) is 0 Å². The van der Waals surface area contributed by atoms with E-state index in [1.165, 1.54) is 64.3 Å². The third-order valence-electron chi connectivity index (χ3n) is 5.36. The van der Waals surface area contributed by atoms with Gasteiger partial charge < -0.3 is 5.11 Å². The van der Waals surface area contributed by atoms with Crippen LogP contribution in [0.25, 0.3) is 0 Å². The van der Waals surface area contributed by atoms with Crippen molar-refractivity contribution in [3.05, 3.63) is 0 Å². The zero-order chi connectivity index (χ0) is 13.7. The maximum Gasteiger partial charge on any atom is 0.0527 e. The van der Waals surface area contributed by atoms with Gasteiger partial charge in [-0.05, 0) is 51.5 Å². The lowest BCUT2D eigenvalue weighted by molar-refractivity contribution is 0.0383. The smallest absolute Gasteiger partial charge is 0.0527 e. The molecule has 1 aliphatic carbocycles. The van der Waals surface area contributed by atoms with E-state index in [4.69, 9.17) is 0 Å². The van der Waals surface area contributed by atoms with Crippen molar-refractivity contribution in [1.29, 1.82) is 0 Å². The van der Waals surface area contributed by atoms with Crippen molar-refractivity contribution >= 4 is 0 Å². The molecule has 2 heteroatoms. The summed E-state index contributed by atoms with van der Waals surface area (Å²) in [4.78, 5) is 2.81. The van der Waals surface area contributed by atoms with Crippen LogP contribution in [0.15, 0.2) is 0 Å². The second-order valence-electron chi connectivity index (χ2n) is 6.85. The van der Waals surface area contributed by atoms with Crippen LogP contribution < -0.4 is 0 Å². The minimum atomic E-state index is -0.144. The molecule has 1 N–H and O–H groups in total. The lowest BCUT2D eigenvalue weighted by Gasteiger charge is -2.44. The number of aliphatic hydroxyl groups excluding tert-OH is 1. The summed E-state index contributed by atoms with van der Waals surface area (Å²) in [5, 5.41) is 9.81. The van der Waals surface area contributed by atoms with Crippen molar-refractivity contribution in [1.82, 2.24) is 4.90 Å². The van der Waals surface area contributed by atoms with Gasteiger partial charge in [-0.2, -0.15) is 0 Å². The second kappa shape index (κ2) is 7.64. The van der Waals surface area contributed by atoms with Crippen LogP contribution in [-0.4, -0.2) is 34.7 Å². The normalized spacial score (nSPS) is 35.8. The quantitative estimate of drug-likeness (QED) is 0.833. The molecule has 2 nitrogen and oxygen atoms in total. The van der Waals surface area contributed by atoms with Crippen molar-refractivity contribution in [3.63, 3.8) is 0 Å². The van der Waals surface area contributed by atoms with Crippen molar-refractivity contribution < 1.29 is 5.11 Å². The number of nitrogens with zero attached hydrogens (tertiary/aromatic N) is 1. The van der Waals surface area contributed by atoms with Crippen molar-refractivity contribution in [2.75, 3.05) is 6.54 Å². The van der Waals surface area contributed by atoms with E-state index >= 15 is 0 Å². The van der Waals surface area contributed by atoms with Crippen molar-refractivity contribution in [2.24, 2.45) is 5.92 Å². The van der Waals surface area contributed by atoms with E-state index in [1.807, 2.05) is 6.92 Å². The summed E-state index contributed by atoms with van der Waals surface area (Å²) in [7, 11) is 0. The van der Waals surface area contributed by atoms with Crippen LogP contribution in [0, 0.1) is 5.92 Å². The molecule has 0 spiro atoms. The van der Waals surface area contributed by atoms with E-state index in [9.17, 15) is 5.11 Å². The second-order valence-corrected chi connectivity index (χ2v) is 6.85. The number of likely N-dealkylation sites (tertiary alicyclic amines) is 1. The molecule has 4 unspecified atom stereocenters. The zero-order valence-electron chi connectivity index (χ0n) is 13.0. The van der Waals surface area contributed by atoms with Crippen LogP contribution in [0.4, 0.5) is 0 Å². The first-order chi connectivity index (χ1) is 9.22. The van der Waals surface area contributed by atoms with Gasteiger partial charge in [-0.1, -0.05) is 39.0 Å². The fraction of sp³-hybridized carbons (Fsp3) is 1.00. The first-order valence-corrected chi connectivity index (χ1v) is 8.66. The maximum atomic E-state index is 9.81. The highest BCUT2D eigenvalue weighted by molar-refractivity contribution is 4.88. The molecule has 0 aromatic heterocycles. The van der Waals surface area contributed by atoms with Gasteiger partial charge >= 0.3 is 0 Å². The molecule has 2 rings (SSSR count). The lowest BCUT2D eigenvalue weighted by Crippen LogP contribution is -2.48. The summed E-state index contributed by atoms with van der Waals surface area (Å²) < 4.78 is 0. The molecule has 0 bridgehead atoms. The van der Waals surface area contributed by atoms with Crippen molar-refractivity contribution in [3.8, 4) is 0 Å². The fourth-order valence-corrected chi connectivity index (χ4v) is 4.38. The van der Waals surface area contributed by atoms with Crippen LogP contribution in [0.1, 0.15) is 78.1 Å². The summed E-state index contributed by atoms with van der Waals surface area (Å²) in [6.45, 7) is 5.60. The molecular weight excluding hydrogens is 234 g/mol. The molecule has 1 saturated heterocycles. The Morgan fingerprint density at radius 3 is 2.53 bits per heavy atom. The summed E-state index contributed by atoms with van der Waals surface area (Å²) in [6, 6.07) is 1.44. The summed E-state index contributed by atoms with van der Waals surface area (Å²) >= 11 is 0. The van der Waals surface area contributed by atoms with Gasteiger partial charge in [0.25, 0.3) is 0 Å². The molecule has 2 fully saturated rings. The van der Waals surface area contributed by atoms with Gasteiger partial charge in [0.05, 0.1) is 6.10 Å². The molecule has 19 heavy (non-hydrogen) atoms. The minimum Gasteiger partial charge on any atom is -0.393 e. The number of hydrogen-bond acceptors (Lipinski definition) is 2. The Labute approximate surface area is 119 Å². The SMILES string of the molecule is CCC1CCCCC1N1CCCCCC1CC(C)O. The Kier molecular flexibility index (Phi) is 6.15. The van der Waals surface area contributed by atoms with E-state index < -0.39 is 0 Å². The molecule has 1 aliphatic heterocycles. The number of hydrogen-bond donors (Lipinski definition) is 1. The first-order valence-electron chi connectivity index (χ1n) is 8.66. The highest BCUT2D eigenvalue weighted by Gasteiger charge is 2.33. The van der Waals surface area contributed by atoms with Crippen LogP contribution in [0.3, 0.4) is 0 Å². The topological polar surface area (TPSA) is 23.5 Å². The average Bonchev–Trinajstić information content (AvgIpc) is 2.63. The molecule has 4 atom stereocenters. The van der Waals surface area contributed by atoms with Gasteiger partial charge in [0.2, 0.25) is 0 Å². The molecule has 1 saturated carbocycles. The van der Waals surface area contributed by atoms with E-state index in [1.54, 1.807) is 0 Å². The van der Waals surface area contributed by atoms with E-state index in [0.29, 0.717) is 6.04 Å². The maximum absolute atomic E-state index is 9.81. The highest BCUT2D eigenvalue weighted by Crippen LogP contribution is 2.34. The van der Waals surface area contributed by atoms with Gasteiger partial charge in [0, 0.05) is 12.1 Å². The summed E-state index contributed by atoms with van der Waals surface area (Å²) in [5.41, 5.74) is 0. The van der Waals surface area contributed by atoms with Crippen LogP contribution in [0.2, 0.25) is 0 Å². The Morgan fingerprint density at radius 1 is 1.05 bits per heavy atom. The van der Waals surface area contributed by atoms with E-state index in [2.05, 4.69) is 11.8 Å². The predicted molar refractivity (Wildman–Crippen MR) is 81.3 cm³/mol. The highest BCUT2D eigenvalue weighted by atomic mass is 16.3. The van der Waals surface area contributed by atoms with Gasteiger partial charge in [-0.25, -0.2) is 0 Å². The Balaban J connectivity index is 2.06. The van der Waals surface area contributed by atoms with E-state index in [0.717, 1.165) is 18.4 Å². The predicted octanol–water partition coefficient (Wildman–Crippen LogP) is 3.97. The third kappa shape index (κ3) is 4.19. The van der Waals surface area contributed by atoms with Crippen molar-refractivity contribution in [2.45, 2.75) is 96.2 Å². The first kappa shape index (κ1) is 15.3. The van der Waals surface area contributed by atoms with Crippen LogP contribution in [0.5, 0.6) is 0 Å². The molecule has 112 valence electrons. The van der Waals surface area contributed by atoms with Crippen LogP contribution >= 0.6 is 0 Å². The largest absolute Gasteiger partial charge is 0.393 e. The Hall–Kier alpha value is -0.0800. The Morgan fingerprint density at radius 2 is 1.79 bits per heavy atom. The summed E-state index contributed by atoms with van der Waals surface area (Å²) in [6.07, 6.45) is 13.3. The monoisotopic (exact) mass is 267 g/mol. The van der Waals surface area contributed by atoms with Gasteiger partial charge in [0.15, 0.2) is 0 Å². The lowest BCUT2D eigenvalue weighted by atomic mass is 9.81. The molecule has 2 aliphatic rings. The molecule has 0 aromatic carbocycles. The molecule has 1 heterocycles. The minimum absolute atomic E-state index is 0.144. The molecule has 0 radical (unpaired) electrons. The Bertz CT molecular complexity index is 254. The molecule has 0 amide bonds. The average molecular weight is 267 g/mol. The standard InChI is InChI=1S/C17H33NO/c1-3-15-9-6-7-11-17(15)18-12-8-4-5-10-16(18)13-14(2)19/h14-17,19H,3-13H2,1-2H3. The van der Waals surface area contributed by atoms with Gasteiger partial charge in [-0.15, -0.1) is 0 Å². The fourth-order valence-electron chi connectivity index (χ4n) is 4.38. The van der Waals surface area contributed by atoms with Gasteiger partial charge in [-0.3, -0.25) is 4.90 Å².